The summed E-state index contributed by atoms with van der Waals surface area (Å²) in [6.45, 7) is 8.96. The third kappa shape index (κ3) is 4.82. The number of nitrogens with one attached hydrogen (secondary N) is 2. The molecule has 0 aromatic heterocycles. The van der Waals surface area contributed by atoms with E-state index in [9.17, 15) is 10.1 Å². The number of rotatable bonds is 6. The van der Waals surface area contributed by atoms with E-state index in [1.165, 1.54) is 0 Å². The van der Waals surface area contributed by atoms with E-state index in [1.54, 1.807) is 0 Å². The van der Waals surface area contributed by atoms with Gasteiger partial charge in [0.25, 0.3) is 0 Å². The lowest BCUT2D eigenvalue weighted by molar-refractivity contribution is -0.140. The maximum absolute atomic E-state index is 12.8. The molecule has 0 saturated carbocycles. The molecule has 2 heterocycles. The summed E-state index contributed by atoms with van der Waals surface area (Å²) in [5.41, 5.74) is 1.98. The first-order valence-corrected chi connectivity index (χ1v) is 10.9. The van der Waals surface area contributed by atoms with Gasteiger partial charge in [0.2, 0.25) is 0 Å². The van der Waals surface area contributed by atoms with E-state index in [1.807, 2.05) is 24.3 Å². The Morgan fingerprint density at radius 2 is 2.10 bits per heavy atom. The van der Waals surface area contributed by atoms with Crippen LogP contribution in [0, 0.1) is 17.2 Å². The minimum absolute atomic E-state index is 0.0270. The Morgan fingerprint density at radius 3 is 2.80 bits per heavy atom. The minimum Gasteiger partial charge on any atom is -0.461 e. The van der Waals surface area contributed by atoms with E-state index in [0.717, 1.165) is 50.3 Å². The zero-order valence-electron chi connectivity index (χ0n) is 18.1. The highest BCUT2D eigenvalue weighted by Gasteiger charge is 2.31. The second-order valence-electron chi connectivity index (χ2n) is 7.73. The van der Waals surface area contributed by atoms with Gasteiger partial charge in [-0.2, -0.15) is 5.26 Å². The van der Waals surface area contributed by atoms with Gasteiger partial charge in [0.15, 0.2) is 11.4 Å². The summed E-state index contributed by atoms with van der Waals surface area (Å²) in [4.78, 5) is 19.8. The first-order valence-electron chi connectivity index (χ1n) is 10.9. The van der Waals surface area contributed by atoms with Crippen LogP contribution in [0.25, 0.3) is 0 Å². The smallest absolute Gasteiger partial charge is 0.351 e. The fourth-order valence-electron chi connectivity index (χ4n) is 3.73. The van der Waals surface area contributed by atoms with E-state index in [2.05, 4.69) is 42.4 Å². The van der Waals surface area contributed by atoms with Gasteiger partial charge in [-0.3, -0.25) is 0 Å². The molecule has 0 aliphatic carbocycles. The number of hydrogen-bond acceptors (Lipinski definition) is 7. The van der Waals surface area contributed by atoms with Crippen LogP contribution in [0.5, 0.6) is 0 Å². The Bertz CT molecular complexity index is 867. The number of para-hydroxylation sites is 2. The van der Waals surface area contributed by atoms with Crippen molar-refractivity contribution in [2.75, 3.05) is 31.6 Å². The molecule has 2 N–H and O–H groups in total. The molecule has 1 unspecified atom stereocenters. The van der Waals surface area contributed by atoms with Crippen LogP contribution < -0.4 is 10.6 Å². The third-order valence-corrected chi connectivity index (χ3v) is 5.83. The first-order chi connectivity index (χ1) is 14.6. The number of esters is 1. The van der Waals surface area contributed by atoms with Crippen molar-refractivity contribution in [2.45, 2.75) is 46.1 Å². The summed E-state index contributed by atoms with van der Waals surface area (Å²) in [5, 5.41) is 16.6. The lowest BCUT2D eigenvalue weighted by Crippen LogP contribution is -2.53. The Morgan fingerprint density at radius 1 is 1.33 bits per heavy atom. The second-order valence-corrected chi connectivity index (χ2v) is 7.73. The first kappa shape index (κ1) is 21.8. The summed E-state index contributed by atoms with van der Waals surface area (Å²) >= 11 is 0. The zero-order chi connectivity index (χ0) is 21.5. The Kier molecular flexibility index (Phi) is 7.47. The molecular weight excluding hydrogens is 378 g/mol. The number of aliphatic imine (C=N–C) groups is 1. The third-order valence-electron chi connectivity index (χ3n) is 5.83. The maximum Gasteiger partial charge on any atom is 0.351 e. The van der Waals surface area contributed by atoms with Crippen molar-refractivity contribution in [3.05, 3.63) is 35.5 Å². The number of fused-ring (bicyclic) bond motifs is 1. The molecule has 0 bridgehead atoms. The van der Waals surface area contributed by atoms with E-state index in [-0.39, 0.29) is 5.57 Å². The Balaban J connectivity index is 1.96. The van der Waals surface area contributed by atoms with Gasteiger partial charge < -0.3 is 20.3 Å². The predicted molar refractivity (Wildman–Crippen MR) is 118 cm³/mol. The largest absolute Gasteiger partial charge is 0.461 e. The number of benzene rings is 1. The topological polar surface area (TPSA) is 89.8 Å². The SMILES string of the molecule is CCC(CC)COC(=O)/C(C#N)=C1\Nc2ccccc2N=C1N1CCNC(CC)C1. The quantitative estimate of drug-likeness (QED) is 0.424. The summed E-state index contributed by atoms with van der Waals surface area (Å²) in [5.74, 6) is 0.330. The van der Waals surface area contributed by atoms with Crippen molar-refractivity contribution >= 4 is 23.2 Å². The molecular formula is C23H31N5O2. The van der Waals surface area contributed by atoms with Crippen LogP contribution in [0.3, 0.4) is 0 Å². The number of amidine groups is 1. The Labute approximate surface area is 178 Å². The molecule has 0 radical (unpaired) electrons. The van der Waals surface area contributed by atoms with Crippen LogP contribution in [-0.4, -0.2) is 49.0 Å². The van der Waals surface area contributed by atoms with Gasteiger partial charge in [0.1, 0.15) is 11.8 Å². The van der Waals surface area contributed by atoms with E-state index < -0.39 is 5.97 Å². The number of nitrogens with zero attached hydrogens (tertiary/aromatic N) is 3. The van der Waals surface area contributed by atoms with Crippen molar-refractivity contribution in [3.8, 4) is 6.07 Å². The summed E-state index contributed by atoms with van der Waals surface area (Å²) in [7, 11) is 0. The number of ether oxygens (including phenoxy) is 1. The van der Waals surface area contributed by atoms with Crippen LogP contribution in [-0.2, 0) is 9.53 Å². The van der Waals surface area contributed by atoms with Crippen molar-refractivity contribution in [3.63, 3.8) is 0 Å². The maximum atomic E-state index is 12.8. The van der Waals surface area contributed by atoms with Gasteiger partial charge in [-0.1, -0.05) is 45.7 Å². The van der Waals surface area contributed by atoms with Crippen LogP contribution >= 0.6 is 0 Å². The Hall–Kier alpha value is -2.85. The average molecular weight is 410 g/mol. The molecule has 0 amide bonds. The molecule has 1 saturated heterocycles. The molecule has 1 aromatic rings. The lowest BCUT2D eigenvalue weighted by atomic mass is 10.1. The standard InChI is InChI=1S/C23H31N5O2/c1-4-16(5-2)15-30-23(29)18(13-24)21-22(28-12-11-25-17(6-3)14-28)27-20-10-8-7-9-19(20)26-21/h7-10,16-17,25-26H,4-6,11-12,14-15H2,1-3H3/b21-18-. The van der Waals surface area contributed by atoms with Crippen LogP contribution in [0.15, 0.2) is 40.5 Å². The second kappa shape index (κ2) is 10.3. The van der Waals surface area contributed by atoms with Gasteiger partial charge in [-0.05, 0) is 24.5 Å². The van der Waals surface area contributed by atoms with Crippen molar-refractivity contribution in [2.24, 2.45) is 10.9 Å². The van der Waals surface area contributed by atoms with Crippen molar-refractivity contribution < 1.29 is 9.53 Å². The van der Waals surface area contributed by atoms with E-state index in [0.29, 0.717) is 30.1 Å². The number of piperazine rings is 1. The molecule has 30 heavy (non-hydrogen) atoms. The molecule has 1 atom stereocenters. The van der Waals surface area contributed by atoms with Crippen molar-refractivity contribution in [1.29, 1.82) is 5.26 Å². The fraction of sp³-hybridized carbons (Fsp3) is 0.522. The molecule has 1 fully saturated rings. The zero-order valence-corrected chi connectivity index (χ0v) is 18.1. The molecule has 0 spiro atoms. The molecule has 160 valence electrons. The van der Waals surface area contributed by atoms with Crippen molar-refractivity contribution in [1.82, 2.24) is 10.2 Å². The van der Waals surface area contributed by atoms with E-state index in [4.69, 9.17) is 9.73 Å². The van der Waals surface area contributed by atoms with Crippen LogP contribution in [0.2, 0.25) is 0 Å². The predicted octanol–water partition coefficient (Wildman–Crippen LogP) is 3.58. The lowest BCUT2D eigenvalue weighted by Gasteiger charge is -2.37. The van der Waals surface area contributed by atoms with E-state index >= 15 is 0 Å². The molecule has 2 aliphatic rings. The molecule has 2 aliphatic heterocycles. The highest BCUT2D eigenvalue weighted by Crippen LogP contribution is 2.33. The molecule has 7 heteroatoms. The molecule has 7 nitrogen and oxygen atoms in total. The number of hydrogen-bond donors (Lipinski definition) is 2. The average Bonchev–Trinajstić information content (AvgIpc) is 2.79. The van der Waals surface area contributed by atoms with Gasteiger partial charge >= 0.3 is 5.97 Å². The monoisotopic (exact) mass is 409 g/mol. The fourth-order valence-corrected chi connectivity index (χ4v) is 3.73. The summed E-state index contributed by atoms with van der Waals surface area (Å²) in [6, 6.07) is 10.1. The normalized spacial score (nSPS) is 20.0. The summed E-state index contributed by atoms with van der Waals surface area (Å²) < 4.78 is 5.51. The number of nitriles is 1. The highest BCUT2D eigenvalue weighted by molar-refractivity contribution is 6.12. The molecule has 1 aromatic carbocycles. The van der Waals surface area contributed by atoms with Gasteiger partial charge in [0.05, 0.1) is 18.0 Å². The minimum atomic E-state index is -0.596. The summed E-state index contributed by atoms with van der Waals surface area (Å²) in [6.07, 6.45) is 2.86. The van der Waals surface area contributed by atoms with Gasteiger partial charge in [-0.15, -0.1) is 0 Å². The number of carbonyl (C=O) groups excluding carboxylic acids is 1. The van der Waals surface area contributed by atoms with Crippen LogP contribution in [0.4, 0.5) is 11.4 Å². The molecule has 3 rings (SSSR count). The van der Waals surface area contributed by atoms with Crippen LogP contribution in [0.1, 0.15) is 40.0 Å². The number of carbonyl (C=O) groups is 1. The van der Waals surface area contributed by atoms with Gasteiger partial charge in [0, 0.05) is 25.7 Å². The van der Waals surface area contributed by atoms with Gasteiger partial charge in [-0.25, -0.2) is 9.79 Å². The number of anilines is 1. The highest BCUT2D eigenvalue weighted by atomic mass is 16.5.